The molecule has 4 aromatic rings. The van der Waals surface area contributed by atoms with Gasteiger partial charge in [-0.3, -0.25) is 9.78 Å². The fourth-order valence-corrected chi connectivity index (χ4v) is 3.77. The van der Waals surface area contributed by atoms with Gasteiger partial charge in [-0.15, -0.1) is 11.3 Å². The van der Waals surface area contributed by atoms with Gasteiger partial charge in [0.2, 0.25) is 0 Å². The van der Waals surface area contributed by atoms with Crippen molar-refractivity contribution in [2.45, 2.75) is 13.8 Å². The number of fused-ring (bicyclic) bond motifs is 3. The van der Waals surface area contributed by atoms with Gasteiger partial charge in [-0.25, -0.2) is 14.8 Å². The van der Waals surface area contributed by atoms with Gasteiger partial charge in [0.05, 0.1) is 16.6 Å². The molecule has 0 atom stereocenters. The lowest BCUT2D eigenvalue weighted by atomic mass is 10.1. The lowest BCUT2D eigenvalue weighted by Gasteiger charge is -2.05. The molecule has 0 aliphatic rings. The van der Waals surface area contributed by atoms with Gasteiger partial charge in [0.15, 0.2) is 5.82 Å². The first-order valence-electron chi connectivity index (χ1n) is 7.04. The largest absolute Gasteiger partial charge is 0.326 e. The first kappa shape index (κ1) is 13.8. The van der Waals surface area contributed by atoms with Crippen molar-refractivity contribution in [2.75, 3.05) is 0 Å². The minimum absolute atomic E-state index is 0.399. The van der Waals surface area contributed by atoms with Crippen LogP contribution in [0.4, 0.5) is 0 Å². The van der Waals surface area contributed by atoms with Crippen LogP contribution >= 0.6 is 11.3 Å². The molecule has 114 valence electrons. The van der Waals surface area contributed by atoms with Gasteiger partial charge in [0, 0.05) is 5.56 Å². The zero-order valence-electron chi connectivity index (χ0n) is 12.4. The molecule has 4 rings (SSSR count). The molecule has 0 aliphatic carbocycles. The summed E-state index contributed by atoms with van der Waals surface area (Å²) in [5, 5.41) is 0.727. The summed E-state index contributed by atoms with van der Waals surface area (Å²) in [6.07, 6.45) is 0. The van der Waals surface area contributed by atoms with Crippen molar-refractivity contribution in [2.24, 2.45) is 0 Å². The second-order valence-electron chi connectivity index (χ2n) is 5.34. The number of aryl methyl sites for hydroxylation is 2. The number of hydrogen-bond donors (Lipinski definition) is 2. The quantitative estimate of drug-likeness (QED) is 0.563. The standard InChI is InChI=1S/C16H12N4O2S/c1-7-5-3-4-6-9(7)13-17-8(2)10-11-12(23-15(10)19-13)14(21)20-16(22)18-11/h3-6H,1-2H3,(H2,18,20,21,22). The van der Waals surface area contributed by atoms with Gasteiger partial charge < -0.3 is 4.98 Å². The number of rotatable bonds is 1. The Labute approximate surface area is 133 Å². The van der Waals surface area contributed by atoms with Gasteiger partial charge in [0.25, 0.3) is 5.56 Å². The van der Waals surface area contributed by atoms with Crippen LogP contribution in [0.5, 0.6) is 0 Å². The Morgan fingerprint density at radius 3 is 2.61 bits per heavy atom. The summed E-state index contributed by atoms with van der Waals surface area (Å²) in [4.78, 5) is 38.3. The van der Waals surface area contributed by atoms with Crippen LogP contribution in [0.25, 0.3) is 31.8 Å². The monoisotopic (exact) mass is 324 g/mol. The molecule has 0 amide bonds. The fraction of sp³-hybridized carbons (Fsp3) is 0.125. The fourth-order valence-electron chi connectivity index (χ4n) is 2.70. The van der Waals surface area contributed by atoms with E-state index in [-0.39, 0.29) is 0 Å². The number of aromatic amines is 2. The zero-order valence-corrected chi connectivity index (χ0v) is 13.2. The highest BCUT2D eigenvalue weighted by molar-refractivity contribution is 7.25. The number of benzene rings is 1. The number of nitrogens with zero attached hydrogens (tertiary/aromatic N) is 2. The highest BCUT2D eigenvalue weighted by Gasteiger charge is 2.16. The molecule has 1 aromatic carbocycles. The normalized spacial score (nSPS) is 11.4. The molecule has 23 heavy (non-hydrogen) atoms. The maximum absolute atomic E-state index is 12.0. The Kier molecular flexibility index (Phi) is 2.92. The highest BCUT2D eigenvalue weighted by Crippen LogP contribution is 2.32. The van der Waals surface area contributed by atoms with E-state index in [1.807, 2.05) is 38.1 Å². The lowest BCUT2D eigenvalue weighted by molar-refractivity contribution is 1.09. The number of nitrogens with one attached hydrogen (secondary N) is 2. The van der Waals surface area contributed by atoms with E-state index < -0.39 is 11.2 Å². The summed E-state index contributed by atoms with van der Waals surface area (Å²) in [5.74, 6) is 0.624. The topological polar surface area (TPSA) is 91.5 Å². The van der Waals surface area contributed by atoms with Crippen molar-refractivity contribution in [3.05, 3.63) is 56.4 Å². The molecular weight excluding hydrogens is 312 g/mol. The third-order valence-electron chi connectivity index (χ3n) is 3.79. The number of aromatic nitrogens is 4. The minimum Gasteiger partial charge on any atom is -0.305 e. The number of hydrogen-bond acceptors (Lipinski definition) is 5. The number of thiophene rings is 1. The molecule has 0 radical (unpaired) electrons. The van der Waals surface area contributed by atoms with Gasteiger partial charge in [-0.2, -0.15) is 0 Å². The highest BCUT2D eigenvalue weighted by atomic mass is 32.1. The Hall–Kier alpha value is -2.80. The molecule has 0 fully saturated rings. The zero-order chi connectivity index (χ0) is 16.1. The molecule has 0 bridgehead atoms. The van der Waals surface area contributed by atoms with E-state index in [4.69, 9.17) is 0 Å². The second-order valence-corrected chi connectivity index (χ2v) is 6.34. The predicted molar refractivity (Wildman–Crippen MR) is 91.1 cm³/mol. The molecule has 6 nitrogen and oxygen atoms in total. The van der Waals surface area contributed by atoms with Crippen molar-refractivity contribution in [1.82, 2.24) is 19.9 Å². The Balaban J connectivity index is 2.12. The van der Waals surface area contributed by atoms with Crippen LogP contribution in [-0.4, -0.2) is 19.9 Å². The molecule has 7 heteroatoms. The van der Waals surface area contributed by atoms with E-state index in [2.05, 4.69) is 19.9 Å². The lowest BCUT2D eigenvalue weighted by Crippen LogP contribution is -2.20. The van der Waals surface area contributed by atoms with Crippen LogP contribution in [0.15, 0.2) is 33.9 Å². The van der Waals surface area contributed by atoms with E-state index in [0.717, 1.165) is 22.2 Å². The van der Waals surface area contributed by atoms with Crippen LogP contribution in [0, 0.1) is 13.8 Å². The van der Waals surface area contributed by atoms with Crippen LogP contribution in [0.1, 0.15) is 11.3 Å². The molecule has 0 spiro atoms. The van der Waals surface area contributed by atoms with Crippen LogP contribution in [-0.2, 0) is 0 Å². The molecule has 2 N–H and O–H groups in total. The van der Waals surface area contributed by atoms with E-state index >= 15 is 0 Å². The average Bonchev–Trinajstić information content (AvgIpc) is 2.87. The van der Waals surface area contributed by atoms with Crippen molar-refractivity contribution in [3.63, 3.8) is 0 Å². The van der Waals surface area contributed by atoms with Crippen LogP contribution < -0.4 is 11.2 Å². The molecular formula is C16H12N4O2S. The van der Waals surface area contributed by atoms with Crippen LogP contribution in [0.3, 0.4) is 0 Å². The maximum atomic E-state index is 12.0. The van der Waals surface area contributed by atoms with Crippen molar-refractivity contribution in [1.29, 1.82) is 0 Å². The van der Waals surface area contributed by atoms with Crippen molar-refractivity contribution in [3.8, 4) is 11.4 Å². The second kappa shape index (κ2) is 4.85. The SMILES string of the molecule is Cc1ccccc1-c1nc(C)c2c(n1)sc1c(=O)[nH]c(=O)[nH]c12. The molecule has 0 unspecified atom stereocenters. The van der Waals surface area contributed by atoms with Crippen molar-refractivity contribution >= 4 is 31.8 Å². The van der Waals surface area contributed by atoms with Gasteiger partial charge >= 0.3 is 5.69 Å². The minimum atomic E-state index is -0.524. The van der Waals surface area contributed by atoms with Crippen molar-refractivity contribution < 1.29 is 0 Å². The third kappa shape index (κ3) is 2.08. The first-order valence-corrected chi connectivity index (χ1v) is 7.85. The number of H-pyrrole nitrogens is 2. The summed E-state index contributed by atoms with van der Waals surface area (Å²) in [7, 11) is 0. The summed E-state index contributed by atoms with van der Waals surface area (Å²) in [5.41, 5.74) is 2.36. The molecule has 0 saturated carbocycles. The molecule has 0 aliphatic heterocycles. The summed E-state index contributed by atoms with van der Waals surface area (Å²) in [6, 6.07) is 7.88. The molecule has 3 heterocycles. The van der Waals surface area contributed by atoms with Crippen LogP contribution in [0.2, 0.25) is 0 Å². The van der Waals surface area contributed by atoms with Gasteiger partial charge in [-0.1, -0.05) is 24.3 Å². The van der Waals surface area contributed by atoms with E-state index in [9.17, 15) is 9.59 Å². The van der Waals surface area contributed by atoms with E-state index in [1.165, 1.54) is 11.3 Å². The average molecular weight is 324 g/mol. The molecule has 3 aromatic heterocycles. The summed E-state index contributed by atoms with van der Waals surface area (Å²) in [6.45, 7) is 3.86. The van der Waals surface area contributed by atoms with E-state index in [0.29, 0.717) is 20.9 Å². The van der Waals surface area contributed by atoms with Gasteiger partial charge in [0.1, 0.15) is 9.53 Å². The predicted octanol–water partition coefficient (Wildman–Crippen LogP) is 2.50. The smallest absolute Gasteiger partial charge is 0.305 e. The Morgan fingerprint density at radius 1 is 1.04 bits per heavy atom. The summed E-state index contributed by atoms with van der Waals surface area (Å²) < 4.78 is 0.457. The maximum Gasteiger partial charge on any atom is 0.326 e. The Bertz CT molecular complexity index is 1190. The Morgan fingerprint density at radius 2 is 1.83 bits per heavy atom. The molecule has 0 saturated heterocycles. The van der Waals surface area contributed by atoms with Gasteiger partial charge in [-0.05, 0) is 19.4 Å². The summed E-state index contributed by atoms with van der Waals surface area (Å²) >= 11 is 1.26. The van der Waals surface area contributed by atoms with E-state index in [1.54, 1.807) is 0 Å². The third-order valence-corrected chi connectivity index (χ3v) is 4.87. The first-order chi connectivity index (χ1) is 11.0.